The van der Waals surface area contributed by atoms with Gasteiger partial charge in [0.1, 0.15) is 5.76 Å². The lowest BCUT2D eigenvalue weighted by Gasteiger charge is -2.18. The highest BCUT2D eigenvalue weighted by Crippen LogP contribution is 2.41. The zero-order chi connectivity index (χ0) is 8.60. The van der Waals surface area contributed by atoms with Crippen molar-refractivity contribution in [1.82, 2.24) is 4.98 Å². The molecule has 12 heavy (non-hydrogen) atoms. The van der Waals surface area contributed by atoms with Crippen LogP contribution in [0.1, 0.15) is 38.4 Å². The molecule has 0 spiro atoms. The van der Waals surface area contributed by atoms with Crippen molar-refractivity contribution in [3.05, 3.63) is 16.8 Å². The minimum atomic E-state index is 0.249. The van der Waals surface area contributed by atoms with Gasteiger partial charge >= 0.3 is 0 Å². The Morgan fingerprint density at radius 3 is 2.67 bits per heavy atom. The summed E-state index contributed by atoms with van der Waals surface area (Å²) in [4.78, 5) is 4.66. The van der Waals surface area contributed by atoms with E-state index in [1.165, 1.54) is 25.7 Å². The Balaban J connectivity index is 2.28. The monoisotopic (exact) mass is 229 g/mol. The molecule has 1 fully saturated rings. The second kappa shape index (κ2) is 2.87. The molecule has 0 atom stereocenters. The van der Waals surface area contributed by atoms with Gasteiger partial charge in [-0.15, -0.1) is 0 Å². The molecule has 0 saturated heterocycles. The maximum Gasteiger partial charge on any atom is 0.264 e. The van der Waals surface area contributed by atoms with E-state index in [-0.39, 0.29) is 5.41 Å². The third-order valence-electron chi connectivity index (χ3n) is 2.78. The SMILES string of the molecule is CC1(c2cnc(Br)o2)CCCC1. The van der Waals surface area contributed by atoms with Crippen molar-refractivity contribution in [2.24, 2.45) is 0 Å². The largest absolute Gasteiger partial charge is 0.436 e. The van der Waals surface area contributed by atoms with Crippen LogP contribution in [0.25, 0.3) is 0 Å². The van der Waals surface area contributed by atoms with Crippen LogP contribution in [0, 0.1) is 0 Å². The van der Waals surface area contributed by atoms with Crippen LogP contribution in [0.2, 0.25) is 0 Å². The molecule has 2 nitrogen and oxygen atoms in total. The summed E-state index contributed by atoms with van der Waals surface area (Å²) in [6, 6.07) is 0. The summed E-state index contributed by atoms with van der Waals surface area (Å²) in [6.07, 6.45) is 6.93. The maximum atomic E-state index is 5.48. The zero-order valence-corrected chi connectivity index (χ0v) is 8.73. The van der Waals surface area contributed by atoms with Crippen LogP contribution in [-0.4, -0.2) is 4.98 Å². The lowest BCUT2D eigenvalue weighted by Crippen LogP contribution is -2.15. The molecular weight excluding hydrogens is 218 g/mol. The summed E-state index contributed by atoms with van der Waals surface area (Å²) in [7, 11) is 0. The van der Waals surface area contributed by atoms with Crippen molar-refractivity contribution in [2.45, 2.75) is 38.0 Å². The summed E-state index contributed by atoms with van der Waals surface area (Å²) in [5.41, 5.74) is 0.249. The van der Waals surface area contributed by atoms with Gasteiger partial charge in [0, 0.05) is 21.3 Å². The number of nitrogens with zero attached hydrogens (tertiary/aromatic N) is 1. The average Bonchev–Trinajstić information content (AvgIpc) is 2.59. The number of oxazole rings is 1. The molecule has 66 valence electrons. The number of rotatable bonds is 1. The van der Waals surface area contributed by atoms with Gasteiger partial charge in [-0.3, -0.25) is 0 Å². The van der Waals surface area contributed by atoms with E-state index in [2.05, 4.69) is 27.8 Å². The number of halogens is 1. The van der Waals surface area contributed by atoms with E-state index in [4.69, 9.17) is 4.42 Å². The van der Waals surface area contributed by atoms with Gasteiger partial charge in [0.15, 0.2) is 0 Å². The highest BCUT2D eigenvalue weighted by atomic mass is 79.9. The molecule has 1 aliphatic rings. The minimum Gasteiger partial charge on any atom is -0.436 e. The number of hydrogen-bond acceptors (Lipinski definition) is 2. The van der Waals surface area contributed by atoms with Gasteiger partial charge < -0.3 is 4.42 Å². The first-order valence-corrected chi connectivity index (χ1v) is 5.12. The molecule has 1 aromatic heterocycles. The second-order valence-electron chi connectivity index (χ2n) is 3.75. The molecule has 0 radical (unpaired) electrons. The van der Waals surface area contributed by atoms with Gasteiger partial charge in [0.05, 0.1) is 6.20 Å². The van der Waals surface area contributed by atoms with E-state index in [1.807, 2.05) is 6.20 Å². The van der Waals surface area contributed by atoms with E-state index in [0.29, 0.717) is 4.80 Å². The normalized spacial score (nSPS) is 21.5. The van der Waals surface area contributed by atoms with Crippen LogP contribution < -0.4 is 0 Å². The van der Waals surface area contributed by atoms with Crippen molar-refractivity contribution >= 4 is 15.9 Å². The van der Waals surface area contributed by atoms with E-state index < -0.39 is 0 Å². The Morgan fingerprint density at radius 2 is 2.17 bits per heavy atom. The molecule has 1 aromatic rings. The Morgan fingerprint density at radius 1 is 1.50 bits per heavy atom. The summed E-state index contributed by atoms with van der Waals surface area (Å²) in [5.74, 6) is 1.03. The maximum absolute atomic E-state index is 5.48. The Hall–Kier alpha value is -0.310. The van der Waals surface area contributed by atoms with Gasteiger partial charge in [-0.1, -0.05) is 19.8 Å². The average molecular weight is 230 g/mol. The molecule has 0 N–H and O–H groups in total. The lowest BCUT2D eigenvalue weighted by atomic mass is 9.87. The number of hydrogen-bond donors (Lipinski definition) is 0. The van der Waals surface area contributed by atoms with Crippen molar-refractivity contribution < 1.29 is 4.42 Å². The molecule has 0 bridgehead atoms. The van der Waals surface area contributed by atoms with Crippen molar-refractivity contribution in [3.8, 4) is 0 Å². The fourth-order valence-corrected chi connectivity index (χ4v) is 2.21. The summed E-state index contributed by atoms with van der Waals surface area (Å²) < 4.78 is 5.48. The van der Waals surface area contributed by atoms with E-state index in [9.17, 15) is 0 Å². The van der Waals surface area contributed by atoms with Crippen molar-refractivity contribution in [1.29, 1.82) is 0 Å². The highest BCUT2D eigenvalue weighted by molar-refractivity contribution is 9.10. The molecule has 0 aromatic carbocycles. The summed E-state index contributed by atoms with van der Waals surface area (Å²) >= 11 is 3.23. The van der Waals surface area contributed by atoms with Crippen LogP contribution in [0.15, 0.2) is 15.4 Å². The van der Waals surface area contributed by atoms with Gasteiger partial charge in [0.25, 0.3) is 4.80 Å². The van der Waals surface area contributed by atoms with Gasteiger partial charge in [-0.2, -0.15) is 0 Å². The Kier molecular flexibility index (Phi) is 1.99. The van der Waals surface area contributed by atoms with Gasteiger partial charge in [-0.05, 0) is 12.8 Å². The molecule has 0 amide bonds. The van der Waals surface area contributed by atoms with Crippen LogP contribution >= 0.6 is 15.9 Å². The quantitative estimate of drug-likeness (QED) is 0.739. The molecule has 1 saturated carbocycles. The summed E-state index contributed by atoms with van der Waals surface area (Å²) in [5, 5.41) is 0. The fourth-order valence-electron chi connectivity index (χ4n) is 1.93. The standard InChI is InChI=1S/C9H12BrNO/c1-9(4-2-3-5-9)7-6-11-8(10)12-7/h6H,2-5H2,1H3. The first kappa shape index (κ1) is 8.30. The summed E-state index contributed by atoms with van der Waals surface area (Å²) in [6.45, 7) is 2.26. The lowest BCUT2D eigenvalue weighted by molar-refractivity contribution is 0.356. The van der Waals surface area contributed by atoms with Crippen LogP contribution in [0.3, 0.4) is 0 Å². The van der Waals surface area contributed by atoms with E-state index >= 15 is 0 Å². The van der Waals surface area contributed by atoms with E-state index in [1.54, 1.807) is 0 Å². The highest BCUT2D eigenvalue weighted by Gasteiger charge is 2.33. The smallest absolute Gasteiger partial charge is 0.264 e. The Labute approximate surface area is 80.5 Å². The fraction of sp³-hybridized carbons (Fsp3) is 0.667. The molecule has 1 heterocycles. The third kappa shape index (κ3) is 1.30. The molecule has 3 heteroatoms. The topological polar surface area (TPSA) is 26.0 Å². The van der Waals surface area contributed by atoms with Gasteiger partial charge in [0.2, 0.25) is 0 Å². The van der Waals surface area contributed by atoms with Crippen molar-refractivity contribution in [2.75, 3.05) is 0 Å². The Bertz CT molecular complexity index is 276. The predicted molar refractivity (Wildman–Crippen MR) is 50.0 cm³/mol. The zero-order valence-electron chi connectivity index (χ0n) is 7.14. The first-order chi connectivity index (χ1) is 5.71. The number of aromatic nitrogens is 1. The second-order valence-corrected chi connectivity index (χ2v) is 4.42. The van der Waals surface area contributed by atoms with E-state index in [0.717, 1.165) is 5.76 Å². The van der Waals surface area contributed by atoms with Gasteiger partial charge in [-0.25, -0.2) is 4.98 Å². The molecule has 0 aliphatic heterocycles. The first-order valence-electron chi connectivity index (χ1n) is 4.32. The molecular formula is C9H12BrNO. The van der Waals surface area contributed by atoms with Crippen LogP contribution in [0.5, 0.6) is 0 Å². The minimum absolute atomic E-state index is 0.249. The van der Waals surface area contributed by atoms with Crippen LogP contribution in [0.4, 0.5) is 0 Å². The molecule has 1 aliphatic carbocycles. The van der Waals surface area contributed by atoms with Crippen molar-refractivity contribution in [3.63, 3.8) is 0 Å². The molecule has 2 rings (SSSR count). The molecule has 0 unspecified atom stereocenters. The predicted octanol–water partition coefficient (Wildman–Crippen LogP) is 3.27. The van der Waals surface area contributed by atoms with Crippen LogP contribution in [-0.2, 0) is 5.41 Å². The third-order valence-corrected chi connectivity index (χ3v) is 3.15.